The van der Waals surface area contributed by atoms with Crippen molar-refractivity contribution >= 4 is 72.1 Å². The second-order valence-corrected chi connectivity index (χ2v) is 26.3. The number of thiol groups is 2. The molecular formula is C33H58P2S4+2. The van der Waals surface area contributed by atoms with E-state index in [0.717, 1.165) is 34.5 Å². The van der Waals surface area contributed by atoms with E-state index in [-0.39, 0.29) is 0 Å². The van der Waals surface area contributed by atoms with E-state index < -0.39 is 14.5 Å². The van der Waals surface area contributed by atoms with Crippen LogP contribution in [0, 0.1) is 11.8 Å². The van der Waals surface area contributed by atoms with Gasteiger partial charge in [0.1, 0.15) is 0 Å². The van der Waals surface area contributed by atoms with E-state index in [1.807, 2.05) is 0 Å². The van der Waals surface area contributed by atoms with Gasteiger partial charge >= 0.3 is 0 Å². The van der Waals surface area contributed by atoms with E-state index in [4.69, 9.17) is 49.7 Å². The molecule has 0 aromatic heterocycles. The van der Waals surface area contributed by atoms with Gasteiger partial charge in [0, 0.05) is 0 Å². The van der Waals surface area contributed by atoms with Crippen molar-refractivity contribution in [2.75, 3.05) is 12.3 Å². The molecule has 5 fully saturated rings. The average molecular weight is 645 g/mol. The number of thiocarbonyl (C=S) groups is 2. The molecule has 0 nitrogen and oxygen atoms in total. The van der Waals surface area contributed by atoms with Crippen LogP contribution >= 0.6 is 64.2 Å². The summed E-state index contributed by atoms with van der Waals surface area (Å²) in [6.45, 7) is 0. The van der Waals surface area contributed by atoms with Gasteiger partial charge in [0.05, 0.1) is 49.5 Å². The Kier molecular flexibility index (Phi) is 12.5. The molecule has 2 atom stereocenters. The summed E-state index contributed by atoms with van der Waals surface area (Å²) in [5, 5.41) is 0. The fourth-order valence-electron chi connectivity index (χ4n) is 10.5. The molecule has 0 saturated heterocycles. The lowest BCUT2D eigenvalue weighted by Crippen LogP contribution is -2.38. The monoisotopic (exact) mass is 644 g/mol. The van der Waals surface area contributed by atoms with Crippen molar-refractivity contribution in [3.63, 3.8) is 0 Å². The van der Waals surface area contributed by atoms with Gasteiger partial charge in [-0.1, -0.05) is 57.4 Å². The summed E-state index contributed by atoms with van der Waals surface area (Å²) >= 11 is 23.1. The van der Waals surface area contributed by atoms with Crippen LogP contribution in [0.25, 0.3) is 0 Å². The number of rotatable bonds is 10. The molecular weight excluding hydrogens is 587 g/mol. The lowest BCUT2D eigenvalue weighted by atomic mass is 9.99. The molecule has 0 heterocycles. The largest absolute Gasteiger partial charge is 0.187 e. The first-order chi connectivity index (χ1) is 19.0. The topological polar surface area (TPSA) is 0 Å². The lowest BCUT2D eigenvalue weighted by Gasteiger charge is -2.46. The minimum atomic E-state index is -1.40. The van der Waals surface area contributed by atoms with Gasteiger partial charge in [0.25, 0.3) is 0 Å². The second-order valence-electron chi connectivity index (χ2n) is 14.4. The quantitative estimate of drug-likeness (QED) is 0.138. The summed E-state index contributed by atoms with van der Waals surface area (Å²) in [7, 11) is -2.81. The van der Waals surface area contributed by atoms with Crippen molar-refractivity contribution in [1.29, 1.82) is 0 Å². The summed E-state index contributed by atoms with van der Waals surface area (Å²) in [6, 6.07) is 0. The Balaban J connectivity index is 1.45. The normalized spacial score (nSPS) is 29.5. The molecule has 5 saturated carbocycles. The maximum Gasteiger partial charge on any atom is 0.187 e. The van der Waals surface area contributed by atoms with Crippen molar-refractivity contribution in [2.24, 2.45) is 11.8 Å². The highest BCUT2D eigenvalue weighted by molar-refractivity contribution is 8.32. The Bertz CT molecular complexity index is 705. The van der Waals surface area contributed by atoms with Gasteiger partial charge in [-0.05, 0) is 152 Å². The summed E-state index contributed by atoms with van der Waals surface area (Å²) in [5.41, 5.74) is 3.57. The zero-order chi connectivity index (χ0) is 27.3. The zero-order valence-corrected chi connectivity index (χ0v) is 30.0. The summed E-state index contributed by atoms with van der Waals surface area (Å²) in [6.07, 6.45) is 36.2. The number of hydrogen-bond donors (Lipinski definition) is 2. The Labute approximate surface area is 265 Å². The summed E-state index contributed by atoms with van der Waals surface area (Å²) in [4.78, 5) is 0. The smallest absolute Gasteiger partial charge is 0.0940 e. The molecule has 0 bridgehead atoms. The van der Waals surface area contributed by atoms with Crippen molar-refractivity contribution in [2.45, 2.75) is 170 Å². The average Bonchev–Trinajstić information content (AvgIpc) is 3.42. The third-order valence-corrected chi connectivity index (χ3v) is 27.6. The minimum Gasteiger partial charge on any atom is -0.0940 e. The first-order valence-corrected chi connectivity index (χ1v) is 23.1. The van der Waals surface area contributed by atoms with E-state index in [2.05, 4.69) is 0 Å². The Morgan fingerprint density at radius 1 is 0.410 bits per heavy atom. The standard InChI is InChI=1S/C33H56P2S4/c36-32(37)34(28-16-5-1-6-17-28,29-18-7-2-8-19-29)24-26-14-13-15-27(26)25-35(33(38)39,30-20-9-3-10-21-30)31-22-11-4-12-23-31/h26-31H,1-25H2/p+2/t26-,27-/m1/s1. The van der Waals surface area contributed by atoms with Crippen LogP contribution in [0.1, 0.15) is 148 Å². The van der Waals surface area contributed by atoms with Gasteiger partial charge < -0.3 is 0 Å². The molecule has 6 heteroatoms. The van der Waals surface area contributed by atoms with E-state index in [9.17, 15) is 0 Å². The van der Waals surface area contributed by atoms with Crippen LogP contribution in [0.3, 0.4) is 0 Å². The van der Waals surface area contributed by atoms with Crippen molar-refractivity contribution < 1.29 is 0 Å². The van der Waals surface area contributed by atoms with E-state index in [0.29, 0.717) is 0 Å². The van der Waals surface area contributed by atoms with Crippen LogP contribution in [0.15, 0.2) is 0 Å². The van der Waals surface area contributed by atoms with Crippen LogP contribution in [0.2, 0.25) is 0 Å². The van der Waals surface area contributed by atoms with E-state index in [1.165, 1.54) is 168 Å². The van der Waals surface area contributed by atoms with Crippen LogP contribution in [0.5, 0.6) is 0 Å². The molecule has 0 aromatic rings. The van der Waals surface area contributed by atoms with Crippen molar-refractivity contribution in [1.82, 2.24) is 0 Å². The summed E-state index contributed by atoms with van der Waals surface area (Å²) in [5.74, 6) is 1.75. The molecule has 5 aliphatic carbocycles. The molecule has 0 spiro atoms. The van der Waals surface area contributed by atoms with E-state index in [1.54, 1.807) is 0 Å². The first-order valence-electron chi connectivity index (χ1n) is 17.2. The Hall–Kier alpha value is 1.74. The van der Waals surface area contributed by atoms with E-state index >= 15 is 0 Å². The molecule has 0 N–H and O–H groups in total. The SMILES string of the molecule is S=C(S)[P+](C[C@H]1CCC[C@@H]1C[P+](C(=S)S)(C1CCCCC1)C1CCCCC1)(C1CCCCC1)C1CCCCC1. The minimum absolute atomic E-state index is 0.876. The van der Waals surface area contributed by atoms with Gasteiger partial charge in [-0.2, -0.15) is 0 Å². The molecule has 39 heavy (non-hydrogen) atoms. The second kappa shape index (κ2) is 15.2. The van der Waals surface area contributed by atoms with Gasteiger partial charge in [-0.15, -0.1) is 0 Å². The van der Waals surface area contributed by atoms with Crippen molar-refractivity contribution in [3.05, 3.63) is 0 Å². The molecule has 5 rings (SSSR count). The third-order valence-electron chi connectivity index (χ3n) is 12.5. The molecule has 0 radical (unpaired) electrons. The van der Waals surface area contributed by atoms with Crippen LogP contribution in [0.4, 0.5) is 0 Å². The lowest BCUT2D eigenvalue weighted by molar-refractivity contribution is 0.437. The molecule has 222 valence electrons. The molecule has 0 amide bonds. The Morgan fingerprint density at radius 2 is 0.667 bits per heavy atom. The van der Waals surface area contributed by atoms with Crippen molar-refractivity contribution in [3.8, 4) is 0 Å². The molecule has 0 aromatic carbocycles. The first kappa shape index (κ1) is 32.1. The molecule has 0 unspecified atom stereocenters. The number of hydrogen-bond acceptors (Lipinski definition) is 2. The van der Waals surface area contributed by atoms with Gasteiger partial charge in [0.2, 0.25) is 0 Å². The molecule has 0 aliphatic heterocycles. The van der Waals surface area contributed by atoms with Crippen LogP contribution in [-0.4, -0.2) is 42.8 Å². The zero-order valence-electron chi connectivity index (χ0n) is 24.7. The maximum absolute atomic E-state index is 6.31. The van der Waals surface area contributed by atoms with Crippen LogP contribution < -0.4 is 0 Å². The highest BCUT2D eigenvalue weighted by Crippen LogP contribution is 2.78. The third kappa shape index (κ3) is 7.03. The predicted octanol–water partition coefficient (Wildman–Crippen LogP) is 12.2. The highest BCUT2D eigenvalue weighted by Gasteiger charge is 2.60. The fraction of sp³-hybridized carbons (Fsp3) is 0.939. The van der Waals surface area contributed by atoms with Gasteiger partial charge in [-0.3, -0.25) is 0 Å². The highest BCUT2D eigenvalue weighted by atomic mass is 32.1. The fourth-order valence-corrected chi connectivity index (χ4v) is 26.8. The maximum atomic E-state index is 6.31. The van der Waals surface area contributed by atoms with Crippen LogP contribution in [-0.2, 0) is 0 Å². The predicted molar refractivity (Wildman–Crippen MR) is 195 cm³/mol. The molecule has 5 aliphatic rings. The summed E-state index contributed by atoms with van der Waals surface area (Å²) < 4.78 is 2.44. The van der Waals surface area contributed by atoms with Gasteiger partial charge in [0.15, 0.2) is 7.88 Å². The Morgan fingerprint density at radius 3 is 0.897 bits per heavy atom. The van der Waals surface area contributed by atoms with Gasteiger partial charge in [-0.25, -0.2) is 0 Å².